The van der Waals surface area contributed by atoms with Crippen LogP contribution in [0.4, 0.5) is 0 Å². The first-order chi connectivity index (χ1) is 11.6. The van der Waals surface area contributed by atoms with Gasteiger partial charge in [-0.3, -0.25) is 9.59 Å². The molecule has 25 heavy (non-hydrogen) atoms. The van der Waals surface area contributed by atoms with Gasteiger partial charge in [-0.1, -0.05) is 82.2 Å². The molecule has 0 radical (unpaired) electrons. The van der Waals surface area contributed by atoms with Gasteiger partial charge in [0.05, 0.1) is 0 Å². The van der Waals surface area contributed by atoms with Gasteiger partial charge < -0.3 is 10.2 Å². The first kappa shape index (κ1) is 23.9. The standard InChI is InChI=1S/C20H30O4.Mg.2H/c1-2-3-4-5-6-7-9-14-17(16-12-10-8-11-13-16)15-18(19(21)22)20(23)24;;;/h8,10-13,17-18H,2-7,9,14-15H2,1H3,(H,21,22)(H,23,24);;;. The molecule has 1 rings (SSSR count). The number of rotatable bonds is 13. The average Bonchev–Trinajstić information content (AvgIpc) is 2.56. The fraction of sp³-hybridized carbons (Fsp3) is 0.600. The Labute approximate surface area is 167 Å². The third kappa shape index (κ3) is 9.85. The van der Waals surface area contributed by atoms with Crippen LogP contribution >= 0.6 is 0 Å². The van der Waals surface area contributed by atoms with Crippen LogP contribution in [0.2, 0.25) is 0 Å². The molecule has 5 heteroatoms. The predicted octanol–water partition coefficient (Wildman–Crippen LogP) is 4.17. The Morgan fingerprint density at radius 3 is 1.92 bits per heavy atom. The smallest absolute Gasteiger partial charge is 0.317 e. The molecule has 0 spiro atoms. The molecule has 0 aliphatic heterocycles. The fourth-order valence-corrected chi connectivity index (χ4v) is 3.09. The lowest BCUT2D eigenvalue weighted by atomic mass is 9.85. The van der Waals surface area contributed by atoms with Crippen molar-refractivity contribution in [2.45, 2.75) is 70.6 Å². The van der Waals surface area contributed by atoms with E-state index in [1.807, 2.05) is 30.3 Å². The summed E-state index contributed by atoms with van der Waals surface area (Å²) in [7, 11) is 0. The Bertz CT molecular complexity index is 476. The van der Waals surface area contributed by atoms with E-state index in [1.54, 1.807) is 0 Å². The largest absolute Gasteiger partial charge is 0.481 e. The van der Waals surface area contributed by atoms with Gasteiger partial charge in [0.1, 0.15) is 0 Å². The molecular weight excluding hydrogens is 329 g/mol. The highest BCUT2D eigenvalue weighted by Crippen LogP contribution is 2.30. The molecule has 2 N–H and O–H groups in total. The second-order valence-electron chi connectivity index (χ2n) is 6.48. The molecule has 1 aromatic carbocycles. The minimum atomic E-state index is -1.33. The van der Waals surface area contributed by atoms with Crippen LogP contribution in [0.25, 0.3) is 0 Å². The molecule has 4 nitrogen and oxygen atoms in total. The SMILES string of the molecule is CCCCCCCCCC(CC(C(=O)O)C(=O)O)c1ccccc1.[MgH2]. The van der Waals surface area contributed by atoms with Gasteiger partial charge in [0.25, 0.3) is 0 Å². The lowest BCUT2D eigenvalue weighted by Gasteiger charge is -2.19. The molecule has 0 bridgehead atoms. The van der Waals surface area contributed by atoms with Crippen molar-refractivity contribution in [2.24, 2.45) is 5.92 Å². The van der Waals surface area contributed by atoms with Gasteiger partial charge in [0, 0.05) is 0 Å². The molecule has 1 atom stereocenters. The summed E-state index contributed by atoms with van der Waals surface area (Å²) < 4.78 is 0. The van der Waals surface area contributed by atoms with Crippen LogP contribution in [-0.4, -0.2) is 45.2 Å². The molecule has 0 saturated heterocycles. The Kier molecular flexibility index (Phi) is 13.5. The van der Waals surface area contributed by atoms with E-state index >= 15 is 0 Å². The van der Waals surface area contributed by atoms with Crippen LogP contribution < -0.4 is 0 Å². The molecule has 1 unspecified atom stereocenters. The molecule has 0 amide bonds. The highest BCUT2D eigenvalue weighted by Gasteiger charge is 2.29. The molecule has 0 aliphatic rings. The van der Waals surface area contributed by atoms with Crippen molar-refractivity contribution in [3.63, 3.8) is 0 Å². The van der Waals surface area contributed by atoms with Crippen LogP contribution in [0.1, 0.15) is 76.2 Å². The summed E-state index contributed by atoms with van der Waals surface area (Å²) >= 11 is 0. The molecule has 138 valence electrons. The normalized spacial score (nSPS) is 11.8. The van der Waals surface area contributed by atoms with Gasteiger partial charge in [0.15, 0.2) is 5.92 Å². The van der Waals surface area contributed by atoms with E-state index in [0.717, 1.165) is 24.8 Å². The van der Waals surface area contributed by atoms with Crippen LogP contribution in [-0.2, 0) is 9.59 Å². The summed E-state index contributed by atoms with van der Waals surface area (Å²) in [6.45, 7) is 2.20. The second-order valence-corrected chi connectivity index (χ2v) is 6.48. The zero-order valence-corrected chi connectivity index (χ0v) is 14.6. The molecule has 0 aliphatic carbocycles. The summed E-state index contributed by atoms with van der Waals surface area (Å²) in [6.07, 6.45) is 9.38. The van der Waals surface area contributed by atoms with Crippen LogP contribution in [0.15, 0.2) is 30.3 Å². The molecule has 0 aromatic heterocycles. The zero-order valence-electron chi connectivity index (χ0n) is 14.6. The highest BCUT2D eigenvalue weighted by atomic mass is 24.3. The minimum absolute atomic E-state index is 0. The maximum Gasteiger partial charge on any atom is 0.317 e. The van der Waals surface area contributed by atoms with E-state index in [-0.39, 0.29) is 35.4 Å². The Morgan fingerprint density at radius 2 is 1.40 bits per heavy atom. The van der Waals surface area contributed by atoms with E-state index in [4.69, 9.17) is 10.2 Å². The van der Waals surface area contributed by atoms with Crippen molar-refractivity contribution < 1.29 is 19.8 Å². The van der Waals surface area contributed by atoms with Crippen molar-refractivity contribution in [1.82, 2.24) is 0 Å². The van der Waals surface area contributed by atoms with E-state index in [2.05, 4.69) is 6.92 Å². The monoisotopic (exact) mass is 360 g/mol. The number of hydrogen-bond donors (Lipinski definition) is 2. The first-order valence-corrected chi connectivity index (χ1v) is 9.06. The number of hydrogen-bond acceptors (Lipinski definition) is 2. The molecule has 0 heterocycles. The maximum absolute atomic E-state index is 11.2. The predicted molar refractivity (Wildman–Crippen MR) is 104 cm³/mol. The average molecular weight is 361 g/mol. The van der Waals surface area contributed by atoms with Crippen molar-refractivity contribution in [2.75, 3.05) is 0 Å². The van der Waals surface area contributed by atoms with Crippen molar-refractivity contribution in [3.05, 3.63) is 35.9 Å². The number of benzene rings is 1. The van der Waals surface area contributed by atoms with Crippen LogP contribution in [0.5, 0.6) is 0 Å². The number of carbonyl (C=O) groups is 2. The van der Waals surface area contributed by atoms with E-state index in [0.29, 0.717) is 0 Å². The minimum Gasteiger partial charge on any atom is -0.481 e. The number of carboxylic acids is 2. The zero-order chi connectivity index (χ0) is 17.8. The Hall–Kier alpha value is -1.07. The van der Waals surface area contributed by atoms with E-state index in [9.17, 15) is 9.59 Å². The van der Waals surface area contributed by atoms with Gasteiger partial charge in [-0.05, 0) is 24.3 Å². The van der Waals surface area contributed by atoms with Gasteiger partial charge in [-0.25, -0.2) is 0 Å². The highest BCUT2D eigenvalue weighted by molar-refractivity contribution is 5.92. The fourth-order valence-electron chi connectivity index (χ4n) is 3.09. The van der Waals surface area contributed by atoms with Crippen molar-refractivity contribution >= 4 is 35.0 Å². The van der Waals surface area contributed by atoms with Gasteiger partial charge in [0.2, 0.25) is 0 Å². The third-order valence-electron chi connectivity index (χ3n) is 4.54. The van der Waals surface area contributed by atoms with E-state index in [1.165, 1.54) is 32.1 Å². The van der Waals surface area contributed by atoms with Crippen LogP contribution in [0, 0.1) is 5.92 Å². The Balaban J connectivity index is 0.00000576. The van der Waals surface area contributed by atoms with Gasteiger partial charge in [-0.2, -0.15) is 0 Å². The van der Waals surface area contributed by atoms with Crippen molar-refractivity contribution in [1.29, 1.82) is 0 Å². The summed E-state index contributed by atoms with van der Waals surface area (Å²) in [6, 6.07) is 9.69. The summed E-state index contributed by atoms with van der Waals surface area (Å²) in [5.41, 5.74) is 1.04. The molecule has 0 fully saturated rings. The quantitative estimate of drug-likeness (QED) is 0.314. The molecular formula is C20H32MgO4. The first-order valence-electron chi connectivity index (χ1n) is 9.06. The number of aliphatic carboxylic acids is 2. The lowest BCUT2D eigenvalue weighted by Crippen LogP contribution is -2.25. The molecule has 0 saturated carbocycles. The second kappa shape index (κ2) is 14.1. The maximum atomic E-state index is 11.2. The van der Waals surface area contributed by atoms with E-state index < -0.39 is 17.9 Å². The lowest BCUT2D eigenvalue weighted by molar-refractivity contribution is -0.155. The number of carboxylic acid groups (broad SMARTS) is 2. The van der Waals surface area contributed by atoms with Gasteiger partial charge in [-0.15, -0.1) is 0 Å². The molecule has 1 aromatic rings. The Morgan fingerprint density at radius 1 is 0.880 bits per heavy atom. The van der Waals surface area contributed by atoms with Crippen molar-refractivity contribution in [3.8, 4) is 0 Å². The van der Waals surface area contributed by atoms with Gasteiger partial charge >= 0.3 is 35.0 Å². The third-order valence-corrected chi connectivity index (χ3v) is 4.54. The number of unbranched alkanes of at least 4 members (excludes halogenated alkanes) is 6. The topological polar surface area (TPSA) is 74.6 Å². The summed E-state index contributed by atoms with van der Waals surface area (Å²) in [4.78, 5) is 22.4. The summed E-state index contributed by atoms with van der Waals surface area (Å²) in [5, 5.41) is 18.3. The summed E-state index contributed by atoms with van der Waals surface area (Å²) in [5.74, 6) is -3.84. The van der Waals surface area contributed by atoms with Crippen LogP contribution in [0.3, 0.4) is 0 Å².